The molecule has 266 valence electrons. The lowest BCUT2D eigenvalue weighted by Crippen LogP contribution is -2.20. The summed E-state index contributed by atoms with van der Waals surface area (Å²) < 4.78 is 19.3. The van der Waals surface area contributed by atoms with E-state index in [9.17, 15) is 0 Å². The Kier molecular flexibility index (Phi) is 6.33. The molecule has 0 radical (unpaired) electrons. The largest absolute Gasteiger partial charge is 0.456 e. The molecular weight excluding hydrogens is 689 g/mol. The summed E-state index contributed by atoms with van der Waals surface area (Å²) in [6, 6.07) is 59.9. The van der Waals surface area contributed by atoms with Gasteiger partial charge >= 0.3 is 0 Å². The Morgan fingerprint density at radius 3 is 2.04 bits per heavy atom. The molecule has 9 aromatic rings. The van der Waals surface area contributed by atoms with E-state index in [0.29, 0.717) is 0 Å². The second-order valence-corrected chi connectivity index (χ2v) is 15.3. The maximum absolute atomic E-state index is 6.59. The summed E-state index contributed by atoms with van der Waals surface area (Å²) in [5.74, 6) is 3.18. The Morgan fingerprint density at radius 2 is 1.14 bits per heavy atom. The van der Waals surface area contributed by atoms with Crippen LogP contribution in [0.2, 0.25) is 0 Å². The van der Waals surface area contributed by atoms with Crippen molar-refractivity contribution in [1.82, 2.24) is 0 Å². The normalized spacial score (nSPS) is 13.9. The van der Waals surface area contributed by atoms with Crippen LogP contribution in [0.5, 0.6) is 23.0 Å². The fourth-order valence-electron chi connectivity index (χ4n) is 9.19. The average molecular weight is 723 g/mol. The van der Waals surface area contributed by atoms with Crippen molar-refractivity contribution >= 4 is 56.1 Å². The molecule has 3 aliphatic rings. The van der Waals surface area contributed by atoms with Gasteiger partial charge in [0.1, 0.15) is 16.9 Å². The molecule has 3 heterocycles. The van der Waals surface area contributed by atoms with Crippen LogP contribution in [0.4, 0.5) is 34.1 Å². The van der Waals surface area contributed by atoms with Gasteiger partial charge < -0.3 is 18.8 Å². The van der Waals surface area contributed by atoms with E-state index in [1.165, 1.54) is 22.3 Å². The summed E-state index contributed by atoms with van der Waals surface area (Å²) in [5, 5.41) is 2.19. The first-order chi connectivity index (χ1) is 27.5. The Balaban J connectivity index is 0.984. The molecule has 12 rings (SSSR count). The number of hydrogen-bond acceptors (Lipinski definition) is 5. The van der Waals surface area contributed by atoms with Crippen molar-refractivity contribution in [2.75, 3.05) is 9.80 Å². The first-order valence-electron chi connectivity index (χ1n) is 19.1. The van der Waals surface area contributed by atoms with Crippen LogP contribution in [0, 0.1) is 0 Å². The highest BCUT2D eigenvalue weighted by Crippen LogP contribution is 2.60. The van der Waals surface area contributed by atoms with Gasteiger partial charge in [-0.25, -0.2) is 0 Å². The zero-order chi connectivity index (χ0) is 37.1. The predicted molar refractivity (Wildman–Crippen MR) is 226 cm³/mol. The molecule has 2 aliphatic heterocycles. The molecule has 5 heteroatoms. The van der Waals surface area contributed by atoms with Crippen LogP contribution in [0.3, 0.4) is 0 Å². The third-order valence-corrected chi connectivity index (χ3v) is 11.8. The molecule has 0 unspecified atom stereocenters. The van der Waals surface area contributed by atoms with Crippen molar-refractivity contribution in [3.63, 3.8) is 0 Å². The van der Waals surface area contributed by atoms with Gasteiger partial charge in [0.15, 0.2) is 23.0 Å². The standard InChI is InChI=1S/C51H34N2O3/c1-51(2)38-13-5-3-11-35(38)36-27-26-34(30-39(36)51)52(42-15-9-18-45-49(42)37-12-4-7-16-43(37)54-45)33-24-21-31(22-25-33)32-23-28-41-48(29-32)56-47-20-10-19-46-50(47)53(41)40-14-6-8-17-44(40)55-46/h3-30H,1-2H3. The molecule has 0 saturated heterocycles. The molecule has 0 spiro atoms. The summed E-state index contributed by atoms with van der Waals surface area (Å²) >= 11 is 0. The van der Waals surface area contributed by atoms with Gasteiger partial charge in [0.05, 0.1) is 22.4 Å². The third-order valence-electron chi connectivity index (χ3n) is 11.8. The Morgan fingerprint density at radius 1 is 0.482 bits per heavy atom. The molecule has 0 fully saturated rings. The summed E-state index contributed by atoms with van der Waals surface area (Å²) in [7, 11) is 0. The minimum Gasteiger partial charge on any atom is -0.456 e. The van der Waals surface area contributed by atoms with Crippen molar-refractivity contribution in [3.8, 4) is 45.3 Å². The quantitative estimate of drug-likeness (QED) is 0.181. The molecule has 0 atom stereocenters. The summed E-state index contributed by atoms with van der Waals surface area (Å²) in [4.78, 5) is 4.64. The van der Waals surface area contributed by atoms with Gasteiger partial charge in [0.2, 0.25) is 0 Å². The molecule has 1 aromatic heterocycles. The number of para-hydroxylation sites is 4. The number of fused-ring (bicyclic) bond motifs is 10. The van der Waals surface area contributed by atoms with Crippen molar-refractivity contribution in [2.24, 2.45) is 0 Å². The summed E-state index contributed by atoms with van der Waals surface area (Å²) in [6.45, 7) is 4.67. The second-order valence-electron chi connectivity index (χ2n) is 15.3. The minimum absolute atomic E-state index is 0.133. The number of furan rings is 1. The van der Waals surface area contributed by atoms with Gasteiger partial charge in [0, 0.05) is 22.2 Å². The average Bonchev–Trinajstić information content (AvgIpc) is 3.73. The Bertz CT molecular complexity index is 3090. The van der Waals surface area contributed by atoms with E-state index in [2.05, 4.69) is 145 Å². The van der Waals surface area contributed by atoms with Crippen LogP contribution in [0.25, 0.3) is 44.2 Å². The fourth-order valence-corrected chi connectivity index (χ4v) is 9.19. The van der Waals surface area contributed by atoms with E-state index in [-0.39, 0.29) is 5.41 Å². The van der Waals surface area contributed by atoms with Crippen LogP contribution in [-0.4, -0.2) is 0 Å². The first kappa shape index (κ1) is 31.1. The lowest BCUT2D eigenvalue weighted by atomic mass is 9.82. The van der Waals surface area contributed by atoms with Crippen molar-refractivity contribution in [1.29, 1.82) is 0 Å². The number of anilines is 6. The smallest absolute Gasteiger partial charge is 0.155 e. The lowest BCUT2D eigenvalue weighted by molar-refractivity contribution is 0.446. The molecule has 1 aliphatic carbocycles. The summed E-state index contributed by atoms with van der Waals surface area (Å²) in [6.07, 6.45) is 0. The summed E-state index contributed by atoms with van der Waals surface area (Å²) in [5.41, 5.74) is 15.2. The molecule has 0 amide bonds. The highest BCUT2D eigenvalue weighted by atomic mass is 16.5. The minimum atomic E-state index is -0.133. The molecule has 0 bridgehead atoms. The molecule has 8 aromatic carbocycles. The molecule has 5 nitrogen and oxygen atoms in total. The molecule has 0 saturated carbocycles. The fraction of sp³-hybridized carbons (Fsp3) is 0.0588. The number of ether oxygens (including phenoxy) is 2. The highest BCUT2D eigenvalue weighted by molar-refractivity contribution is 6.13. The topological polar surface area (TPSA) is 38.1 Å². The first-order valence-corrected chi connectivity index (χ1v) is 19.1. The van der Waals surface area contributed by atoms with E-state index in [1.54, 1.807) is 0 Å². The van der Waals surface area contributed by atoms with Crippen LogP contribution < -0.4 is 19.3 Å². The number of benzene rings is 8. The van der Waals surface area contributed by atoms with Crippen LogP contribution >= 0.6 is 0 Å². The maximum Gasteiger partial charge on any atom is 0.155 e. The number of nitrogens with zero attached hydrogens (tertiary/aromatic N) is 2. The zero-order valence-electron chi connectivity index (χ0n) is 30.8. The maximum atomic E-state index is 6.59. The van der Waals surface area contributed by atoms with Crippen molar-refractivity contribution < 1.29 is 13.9 Å². The van der Waals surface area contributed by atoms with E-state index < -0.39 is 0 Å². The van der Waals surface area contributed by atoms with E-state index in [1.807, 2.05) is 48.5 Å². The van der Waals surface area contributed by atoms with Crippen LogP contribution in [0.15, 0.2) is 174 Å². The Labute approximate surface area is 324 Å². The van der Waals surface area contributed by atoms with Gasteiger partial charge in [-0.1, -0.05) is 105 Å². The van der Waals surface area contributed by atoms with Gasteiger partial charge in [-0.3, -0.25) is 4.90 Å². The van der Waals surface area contributed by atoms with Gasteiger partial charge in [-0.05, 0) is 112 Å². The van der Waals surface area contributed by atoms with Crippen molar-refractivity contribution in [3.05, 3.63) is 181 Å². The molecule has 0 N–H and O–H groups in total. The van der Waals surface area contributed by atoms with Gasteiger partial charge in [0.25, 0.3) is 0 Å². The Hall–Kier alpha value is -7.24. The van der Waals surface area contributed by atoms with E-state index >= 15 is 0 Å². The number of hydrogen-bond donors (Lipinski definition) is 0. The van der Waals surface area contributed by atoms with Gasteiger partial charge in [-0.2, -0.15) is 0 Å². The zero-order valence-corrected chi connectivity index (χ0v) is 30.8. The third kappa shape index (κ3) is 4.37. The second kappa shape index (κ2) is 11.4. The predicted octanol–water partition coefficient (Wildman–Crippen LogP) is 14.7. The molecule has 56 heavy (non-hydrogen) atoms. The van der Waals surface area contributed by atoms with Crippen LogP contribution in [0.1, 0.15) is 25.0 Å². The highest BCUT2D eigenvalue weighted by Gasteiger charge is 2.37. The van der Waals surface area contributed by atoms with Gasteiger partial charge in [-0.15, -0.1) is 0 Å². The van der Waals surface area contributed by atoms with Crippen LogP contribution in [-0.2, 0) is 5.41 Å². The monoisotopic (exact) mass is 722 g/mol. The number of rotatable bonds is 4. The van der Waals surface area contributed by atoms with Crippen molar-refractivity contribution in [2.45, 2.75) is 19.3 Å². The lowest BCUT2D eigenvalue weighted by Gasteiger charge is -2.37. The van der Waals surface area contributed by atoms with E-state index in [4.69, 9.17) is 13.9 Å². The SMILES string of the molecule is CC1(C)c2ccccc2-c2ccc(N(c3ccc(-c4ccc5c(c4)Oc4cccc6c4N5c4ccccc4O6)cc3)c3cccc4oc5ccccc5c34)cc21. The molecular formula is C51H34N2O3. The van der Waals surface area contributed by atoms with E-state index in [0.717, 1.165) is 90.2 Å².